The molecule has 0 saturated carbocycles. The minimum atomic E-state index is 0.254. The Morgan fingerprint density at radius 2 is 2.18 bits per heavy atom. The molecule has 6 heteroatoms. The maximum Gasteiger partial charge on any atom is 0.227 e. The average molecular weight is 309 g/mol. The van der Waals surface area contributed by atoms with Crippen molar-refractivity contribution in [1.82, 2.24) is 9.97 Å². The summed E-state index contributed by atoms with van der Waals surface area (Å²) >= 11 is 8.25. The monoisotopic (exact) mass is 308 g/mol. The summed E-state index contributed by atoms with van der Waals surface area (Å²) < 4.78 is 0.980. The van der Waals surface area contributed by atoms with Crippen molar-refractivity contribution in [1.29, 1.82) is 0 Å². The SMILES string of the molecule is NC(=S)c1ccnc(Nc2cccc(Br)c2)n1. The van der Waals surface area contributed by atoms with E-state index in [1.54, 1.807) is 12.3 Å². The van der Waals surface area contributed by atoms with Crippen LogP contribution in [0.3, 0.4) is 0 Å². The van der Waals surface area contributed by atoms with Gasteiger partial charge in [-0.25, -0.2) is 9.97 Å². The molecule has 0 bridgehead atoms. The third-order valence-corrected chi connectivity index (χ3v) is 2.69. The number of rotatable bonds is 3. The number of hydrogen-bond donors (Lipinski definition) is 2. The standard InChI is InChI=1S/C11H9BrN4S/c12-7-2-1-3-8(6-7)15-11-14-5-4-9(16-11)10(13)17/h1-6H,(H2,13,17)(H,14,15,16). The number of thiocarbonyl (C=S) groups is 1. The molecule has 0 spiro atoms. The molecular formula is C11H9BrN4S. The minimum Gasteiger partial charge on any atom is -0.388 e. The molecule has 0 radical (unpaired) electrons. The quantitative estimate of drug-likeness (QED) is 0.853. The second-order valence-electron chi connectivity index (χ2n) is 3.27. The lowest BCUT2D eigenvalue weighted by molar-refractivity contribution is 1.15. The molecule has 0 saturated heterocycles. The Bertz CT molecular complexity index is 559. The highest BCUT2D eigenvalue weighted by Gasteiger charge is 2.02. The Morgan fingerprint density at radius 3 is 2.88 bits per heavy atom. The average Bonchev–Trinajstić information content (AvgIpc) is 2.29. The maximum atomic E-state index is 5.51. The third kappa shape index (κ3) is 3.21. The second kappa shape index (κ2) is 5.20. The van der Waals surface area contributed by atoms with Crippen LogP contribution in [0.15, 0.2) is 41.0 Å². The fourth-order valence-corrected chi connectivity index (χ4v) is 1.76. The van der Waals surface area contributed by atoms with Gasteiger partial charge in [0, 0.05) is 16.4 Å². The minimum absolute atomic E-state index is 0.254. The van der Waals surface area contributed by atoms with E-state index in [1.165, 1.54) is 0 Å². The van der Waals surface area contributed by atoms with Gasteiger partial charge in [0.05, 0.1) is 0 Å². The van der Waals surface area contributed by atoms with E-state index in [9.17, 15) is 0 Å². The van der Waals surface area contributed by atoms with E-state index in [4.69, 9.17) is 18.0 Å². The Hall–Kier alpha value is -1.53. The zero-order valence-corrected chi connectivity index (χ0v) is 11.1. The predicted molar refractivity (Wildman–Crippen MR) is 75.3 cm³/mol. The van der Waals surface area contributed by atoms with Crippen LogP contribution in [0.4, 0.5) is 11.6 Å². The van der Waals surface area contributed by atoms with E-state index < -0.39 is 0 Å². The zero-order valence-electron chi connectivity index (χ0n) is 8.72. The van der Waals surface area contributed by atoms with E-state index in [-0.39, 0.29) is 4.99 Å². The van der Waals surface area contributed by atoms with E-state index in [1.807, 2.05) is 24.3 Å². The molecule has 17 heavy (non-hydrogen) atoms. The third-order valence-electron chi connectivity index (χ3n) is 1.99. The van der Waals surface area contributed by atoms with Crippen molar-refractivity contribution >= 4 is 44.8 Å². The van der Waals surface area contributed by atoms with Crippen molar-refractivity contribution in [2.75, 3.05) is 5.32 Å². The zero-order chi connectivity index (χ0) is 12.3. The molecule has 1 aromatic heterocycles. The van der Waals surface area contributed by atoms with Gasteiger partial charge in [-0.1, -0.05) is 34.2 Å². The highest BCUT2D eigenvalue weighted by molar-refractivity contribution is 9.10. The first-order chi connectivity index (χ1) is 8.15. The van der Waals surface area contributed by atoms with Crippen molar-refractivity contribution < 1.29 is 0 Å². The summed E-state index contributed by atoms with van der Waals surface area (Å²) in [6.45, 7) is 0. The van der Waals surface area contributed by atoms with E-state index in [0.29, 0.717) is 11.6 Å². The number of hydrogen-bond acceptors (Lipinski definition) is 4. The highest BCUT2D eigenvalue weighted by Crippen LogP contribution is 2.18. The predicted octanol–water partition coefficient (Wildman–Crippen LogP) is 2.62. The number of benzene rings is 1. The fraction of sp³-hybridized carbons (Fsp3) is 0. The molecule has 0 unspecified atom stereocenters. The summed E-state index contributed by atoms with van der Waals surface area (Å²) in [4.78, 5) is 8.54. The van der Waals surface area contributed by atoms with Gasteiger partial charge >= 0.3 is 0 Å². The van der Waals surface area contributed by atoms with Crippen LogP contribution in [0.2, 0.25) is 0 Å². The van der Waals surface area contributed by atoms with E-state index >= 15 is 0 Å². The van der Waals surface area contributed by atoms with Crippen LogP contribution in [0.1, 0.15) is 5.69 Å². The topological polar surface area (TPSA) is 63.8 Å². The number of nitrogens with one attached hydrogen (secondary N) is 1. The van der Waals surface area contributed by atoms with E-state index in [2.05, 4.69) is 31.2 Å². The Morgan fingerprint density at radius 1 is 1.35 bits per heavy atom. The molecule has 0 amide bonds. The molecule has 0 aliphatic rings. The first-order valence-corrected chi connectivity index (χ1v) is 6.01. The molecular weight excluding hydrogens is 300 g/mol. The smallest absolute Gasteiger partial charge is 0.227 e. The Balaban J connectivity index is 2.24. The van der Waals surface area contributed by atoms with Crippen LogP contribution in [-0.2, 0) is 0 Å². The van der Waals surface area contributed by atoms with Crippen molar-refractivity contribution in [2.45, 2.75) is 0 Å². The van der Waals surface area contributed by atoms with Crippen molar-refractivity contribution in [3.8, 4) is 0 Å². The van der Waals surface area contributed by atoms with Gasteiger partial charge in [0.2, 0.25) is 5.95 Å². The van der Waals surface area contributed by atoms with Gasteiger partial charge in [0.15, 0.2) is 0 Å². The molecule has 2 rings (SSSR count). The number of aromatic nitrogens is 2. The fourth-order valence-electron chi connectivity index (χ4n) is 1.25. The molecule has 0 aliphatic carbocycles. The molecule has 0 atom stereocenters. The summed E-state index contributed by atoms with van der Waals surface area (Å²) in [6, 6.07) is 9.38. The van der Waals surface area contributed by atoms with Gasteiger partial charge in [-0.05, 0) is 24.3 Å². The van der Waals surface area contributed by atoms with E-state index in [0.717, 1.165) is 10.2 Å². The molecule has 3 N–H and O–H groups in total. The Labute approximate surface area is 112 Å². The van der Waals surface area contributed by atoms with Gasteiger partial charge in [-0.15, -0.1) is 0 Å². The summed E-state index contributed by atoms with van der Waals surface area (Å²) in [7, 11) is 0. The normalized spacial score (nSPS) is 9.94. The lowest BCUT2D eigenvalue weighted by Crippen LogP contribution is -2.12. The summed E-state index contributed by atoms with van der Waals surface area (Å²) in [5.74, 6) is 0.466. The molecule has 1 aromatic carbocycles. The first kappa shape index (κ1) is 11.9. The van der Waals surface area contributed by atoms with Gasteiger partial charge in [-0.2, -0.15) is 0 Å². The summed E-state index contributed by atoms with van der Waals surface area (Å²) in [5, 5.41) is 3.07. The van der Waals surface area contributed by atoms with Crippen molar-refractivity contribution in [3.05, 3.63) is 46.7 Å². The number of nitrogens with zero attached hydrogens (tertiary/aromatic N) is 2. The van der Waals surface area contributed by atoms with Gasteiger partial charge in [0.1, 0.15) is 10.7 Å². The maximum absolute atomic E-state index is 5.51. The summed E-state index contributed by atoms with van der Waals surface area (Å²) in [5.41, 5.74) is 6.94. The largest absolute Gasteiger partial charge is 0.388 e. The number of halogens is 1. The van der Waals surface area contributed by atoms with Crippen LogP contribution in [0, 0.1) is 0 Å². The molecule has 1 heterocycles. The van der Waals surface area contributed by atoms with Crippen LogP contribution < -0.4 is 11.1 Å². The number of nitrogens with two attached hydrogens (primary N) is 1. The number of anilines is 2. The molecule has 2 aromatic rings. The molecule has 86 valence electrons. The lowest BCUT2D eigenvalue weighted by Gasteiger charge is -2.05. The highest BCUT2D eigenvalue weighted by atomic mass is 79.9. The summed E-state index contributed by atoms with van der Waals surface area (Å²) in [6.07, 6.45) is 1.61. The van der Waals surface area contributed by atoms with Gasteiger partial charge in [0.25, 0.3) is 0 Å². The van der Waals surface area contributed by atoms with Gasteiger partial charge in [-0.3, -0.25) is 0 Å². The van der Waals surface area contributed by atoms with Crippen LogP contribution in [0.5, 0.6) is 0 Å². The van der Waals surface area contributed by atoms with Gasteiger partial charge < -0.3 is 11.1 Å². The molecule has 4 nitrogen and oxygen atoms in total. The first-order valence-electron chi connectivity index (χ1n) is 4.80. The van der Waals surface area contributed by atoms with Crippen molar-refractivity contribution in [2.24, 2.45) is 5.73 Å². The second-order valence-corrected chi connectivity index (χ2v) is 4.62. The van der Waals surface area contributed by atoms with Crippen LogP contribution in [0.25, 0.3) is 0 Å². The molecule has 0 fully saturated rings. The lowest BCUT2D eigenvalue weighted by atomic mass is 10.3. The van der Waals surface area contributed by atoms with Crippen LogP contribution >= 0.6 is 28.1 Å². The van der Waals surface area contributed by atoms with Crippen molar-refractivity contribution in [3.63, 3.8) is 0 Å². The van der Waals surface area contributed by atoms with Crippen LogP contribution in [-0.4, -0.2) is 15.0 Å². The Kier molecular flexibility index (Phi) is 3.65. The molecule has 0 aliphatic heterocycles.